The molecule has 0 radical (unpaired) electrons. The van der Waals surface area contributed by atoms with Gasteiger partial charge in [-0.3, -0.25) is 14.4 Å². The number of hydrogen-bond acceptors (Lipinski definition) is 3. The molecule has 0 aromatic rings. The van der Waals surface area contributed by atoms with Crippen LogP contribution in [0.5, 0.6) is 0 Å². The molecule has 16 heavy (non-hydrogen) atoms. The molecule has 0 aromatic heterocycles. The van der Waals surface area contributed by atoms with Gasteiger partial charge in [0.2, 0.25) is 12.8 Å². The van der Waals surface area contributed by atoms with Gasteiger partial charge in [-0.1, -0.05) is 13.2 Å². The molecule has 0 bridgehead atoms. The van der Waals surface area contributed by atoms with E-state index >= 15 is 0 Å². The zero-order chi connectivity index (χ0) is 12.4. The third-order valence-electron chi connectivity index (χ3n) is 2.04. The van der Waals surface area contributed by atoms with Crippen LogP contribution in [0.3, 0.4) is 0 Å². The normalized spacial score (nSPS) is 9.00. The second-order valence-corrected chi connectivity index (χ2v) is 3.09. The van der Waals surface area contributed by atoms with Crippen molar-refractivity contribution in [1.82, 2.24) is 9.80 Å². The summed E-state index contributed by atoms with van der Waals surface area (Å²) in [5.41, 5.74) is 0. The van der Waals surface area contributed by atoms with E-state index in [1.165, 1.54) is 22.2 Å². The Morgan fingerprint density at radius 1 is 0.938 bits per heavy atom. The van der Waals surface area contributed by atoms with Crippen molar-refractivity contribution in [2.24, 2.45) is 0 Å². The van der Waals surface area contributed by atoms with Crippen LogP contribution in [0, 0.1) is 0 Å². The van der Waals surface area contributed by atoms with E-state index in [2.05, 4.69) is 13.2 Å². The maximum Gasteiger partial charge on any atom is 0.213 e. The van der Waals surface area contributed by atoms with E-state index < -0.39 is 0 Å². The van der Waals surface area contributed by atoms with Crippen molar-refractivity contribution in [1.29, 1.82) is 0 Å². The van der Waals surface area contributed by atoms with Gasteiger partial charge in [0.15, 0.2) is 0 Å². The predicted octanol–water partition coefficient (Wildman–Crippen LogP) is 0.540. The van der Waals surface area contributed by atoms with Gasteiger partial charge >= 0.3 is 0 Å². The molecule has 0 atom stereocenters. The molecule has 0 aliphatic heterocycles. The molecular weight excluding hydrogens is 208 g/mol. The lowest BCUT2D eigenvalue weighted by molar-refractivity contribution is -0.121. The molecule has 2 amide bonds. The Labute approximate surface area is 95.0 Å². The van der Waals surface area contributed by atoms with Crippen LogP contribution in [0.15, 0.2) is 25.6 Å². The van der Waals surface area contributed by atoms with Gasteiger partial charge in [0.25, 0.3) is 0 Å². The average molecular weight is 224 g/mol. The number of carbonyl (C=O) groups excluding carboxylic acids is 3. The number of ketones is 1. The monoisotopic (exact) mass is 224 g/mol. The van der Waals surface area contributed by atoms with E-state index in [0.717, 1.165) is 0 Å². The molecule has 0 heterocycles. The van der Waals surface area contributed by atoms with Gasteiger partial charge in [0.1, 0.15) is 5.78 Å². The fourth-order valence-corrected chi connectivity index (χ4v) is 1.01. The summed E-state index contributed by atoms with van der Waals surface area (Å²) in [5.74, 6) is -0.0117. The number of amides is 2. The number of Topliss-reactive ketones (excluding diaryl/α,β-unsaturated/α-hetero) is 1. The number of rotatable bonds is 10. The molecule has 0 rings (SSSR count). The first-order chi connectivity index (χ1) is 7.67. The van der Waals surface area contributed by atoms with Crippen molar-refractivity contribution in [3.8, 4) is 0 Å². The Morgan fingerprint density at radius 2 is 1.31 bits per heavy atom. The quantitative estimate of drug-likeness (QED) is 0.509. The Balaban J connectivity index is 3.81. The van der Waals surface area contributed by atoms with Crippen LogP contribution in [-0.2, 0) is 14.4 Å². The maximum absolute atomic E-state index is 11.4. The van der Waals surface area contributed by atoms with Gasteiger partial charge in [0, 0.05) is 25.9 Å². The third kappa shape index (κ3) is 5.74. The molecule has 0 fully saturated rings. The van der Waals surface area contributed by atoms with Crippen molar-refractivity contribution in [2.45, 2.75) is 12.8 Å². The molecule has 0 saturated carbocycles. The molecule has 0 saturated heterocycles. The average Bonchev–Trinajstić information content (AvgIpc) is 2.31. The second kappa shape index (κ2) is 8.40. The Morgan fingerprint density at radius 3 is 1.56 bits per heavy atom. The zero-order valence-corrected chi connectivity index (χ0v) is 9.17. The minimum Gasteiger partial charge on any atom is -0.322 e. The third-order valence-corrected chi connectivity index (χ3v) is 2.04. The summed E-state index contributed by atoms with van der Waals surface area (Å²) < 4.78 is 0. The molecule has 0 aromatic carbocycles. The van der Waals surface area contributed by atoms with Gasteiger partial charge in [0.05, 0.1) is 0 Å². The van der Waals surface area contributed by atoms with Gasteiger partial charge in [-0.2, -0.15) is 0 Å². The number of carbonyl (C=O) groups is 3. The van der Waals surface area contributed by atoms with Crippen LogP contribution in [-0.4, -0.2) is 41.5 Å². The first kappa shape index (κ1) is 14.1. The van der Waals surface area contributed by atoms with Gasteiger partial charge < -0.3 is 9.80 Å². The summed E-state index contributed by atoms with van der Waals surface area (Å²) in [5, 5.41) is 0. The summed E-state index contributed by atoms with van der Waals surface area (Å²) in [6.07, 6.45) is 4.47. The van der Waals surface area contributed by atoms with E-state index in [1.54, 1.807) is 0 Å². The summed E-state index contributed by atoms with van der Waals surface area (Å²) in [4.78, 5) is 34.7. The molecule has 0 aliphatic rings. The van der Waals surface area contributed by atoms with Gasteiger partial charge in [-0.05, 0) is 12.4 Å². The Hall–Kier alpha value is -1.91. The standard InChI is InChI=1S/C11H16N2O3/c1-3-12(9-14)7-5-11(16)6-8-13(4-2)10-15/h3-4,9-10H,1-2,5-8H2. The topological polar surface area (TPSA) is 57.7 Å². The van der Waals surface area contributed by atoms with Crippen LogP contribution in [0.1, 0.15) is 12.8 Å². The van der Waals surface area contributed by atoms with Crippen LogP contribution >= 0.6 is 0 Å². The van der Waals surface area contributed by atoms with Crippen LogP contribution in [0.25, 0.3) is 0 Å². The lowest BCUT2D eigenvalue weighted by atomic mass is 10.2. The van der Waals surface area contributed by atoms with Crippen molar-refractivity contribution in [3.63, 3.8) is 0 Å². The lowest BCUT2D eigenvalue weighted by Crippen LogP contribution is -2.22. The summed E-state index contributed by atoms with van der Waals surface area (Å²) in [6.45, 7) is 7.49. The smallest absolute Gasteiger partial charge is 0.213 e. The van der Waals surface area contributed by atoms with E-state index in [4.69, 9.17) is 0 Å². The molecule has 5 nitrogen and oxygen atoms in total. The summed E-state index contributed by atoms with van der Waals surface area (Å²) in [7, 11) is 0. The highest BCUT2D eigenvalue weighted by atomic mass is 16.1. The van der Waals surface area contributed by atoms with E-state index in [-0.39, 0.29) is 18.6 Å². The fraction of sp³-hybridized carbons (Fsp3) is 0.364. The summed E-state index contributed by atoms with van der Waals surface area (Å²) in [6, 6.07) is 0. The first-order valence-corrected chi connectivity index (χ1v) is 4.86. The summed E-state index contributed by atoms with van der Waals surface area (Å²) >= 11 is 0. The van der Waals surface area contributed by atoms with E-state index in [0.29, 0.717) is 25.9 Å². The molecule has 0 N–H and O–H groups in total. The number of nitrogens with zero attached hydrogens (tertiary/aromatic N) is 2. The van der Waals surface area contributed by atoms with E-state index in [1.807, 2.05) is 0 Å². The van der Waals surface area contributed by atoms with E-state index in [9.17, 15) is 14.4 Å². The highest BCUT2D eigenvalue weighted by Gasteiger charge is 2.06. The predicted molar refractivity (Wildman–Crippen MR) is 60.2 cm³/mol. The van der Waals surface area contributed by atoms with Crippen LogP contribution in [0.2, 0.25) is 0 Å². The number of hydrogen-bond donors (Lipinski definition) is 0. The van der Waals surface area contributed by atoms with Gasteiger partial charge in [-0.25, -0.2) is 0 Å². The zero-order valence-electron chi connectivity index (χ0n) is 9.17. The lowest BCUT2D eigenvalue weighted by Gasteiger charge is -2.12. The Bertz CT molecular complexity index is 234. The maximum atomic E-state index is 11.4. The molecule has 0 unspecified atom stereocenters. The van der Waals surface area contributed by atoms with Crippen molar-refractivity contribution < 1.29 is 14.4 Å². The fourth-order valence-electron chi connectivity index (χ4n) is 1.01. The molecule has 88 valence electrons. The molecular formula is C11H16N2O3. The van der Waals surface area contributed by atoms with Crippen molar-refractivity contribution >= 4 is 18.6 Å². The van der Waals surface area contributed by atoms with Gasteiger partial charge in [-0.15, -0.1) is 0 Å². The first-order valence-electron chi connectivity index (χ1n) is 4.86. The second-order valence-electron chi connectivity index (χ2n) is 3.09. The molecule has 0 aliphatic carbocycles. The minimum atomic E-state index is -0.0117. The van der Waals surface area contributed by atoms with Crippen LogP contribution < -0.4 is 0 Å². The Kier molecular flexibility index (Phi) is 7.40. The minimum absolute atomic E-state index is 0.0117. The molecule has 0 spiro atoms. The largest absolute Gasteiger partial charge is 0.322 e. The van der Waals surface area contributed by atoms with Crippen LogP contribution in [0.4, 0.5) is 0 Å². The highest BCUT2D eigenvalue weighted by Crippen LogP contribution is 1.96. The SMILES string of the molecule is C=CN(C=O)CCC(=O)CCN(C=C)C=O. The van der Waals surface area contributed by atoms with Crippen molar-refractivity contribution in [2.75, 3.05) is 13.1 Å². The van der Waals surface area contributed by atoms with Crippen molar-refractivity contribution in [3.05, 3.63) is 25.6 Å². The highest BCUT2D eigenvalue weighted by molar-refractivity contribution is 5.79. The molecule has 5 heteroatoms.